The molecule has 0 aromatic carbocycles. The molecule has 0 radical (unpaired) electrons. The molecule has 110 valence electrons. The number of nitrogens with one attached hydrogen (secondary N) is 3. The third-order valence-electron chi connectivity index (χ3n) is 2.75. The summed E-state index contributed by atoms with van der Waals surface area (Å²) in [5.74, 6) is 0.117. The number of carbonyl (C=O) groups excluding carboxylic acids is 2. The molecule has 3 N–H and O–H groups in total. The Hall–Kier alpha value is -1.30. The van der Waals surface area contributed by atoms with Crippen LogP contribution in [-0.2, 0) is 9.53 Å². The van der Waals surface area contributed by atoms with Crippen LogP contribution < -0.4 is 16.0 Å². The predicted octanol–water partition coefficient (Wildman–Crippen LogP) is 0.768. The third kappa shape index (κ3) is 7.00. The van der Waals surface area contributed by atoms with E-state index in [-0.39, 0.29) is 18.0 Å². The van der Waals surface area contributed by atoms with Gasteiger partial charge in [0.1, 0.15) is 5.60 Å². The average molecular weight is 271 g/mol. The Labute approximate surface area is 114 Å². The van der Waals surface area contributed by atoms with E-state index < -0.39 is 11.7 Å². The van der Waals surface area contributed by atoms with Gasteiger partial charge in [-0.05, 0) is 34.1 Å². The lowest BCUT2D eigenvalue weighted by molar-refractivity contribution is -0.119. The van der Waals surface area contributed by atoms with E-state index in [1.807, 2.05) is 27.7 Å². The lowest BCUT2D eigenvalue weighted by Gasteiger charge is -2.21. The molecule has 0 bridgehead atoms. The van der Waals surface area contributed by atoms with Gasteiger partial charge in [0, 0.05) is 31.6 Å². The monoisotopic (exact) mass is 271 g/mol. The molecule has 6 nitrogen and oxygen atoms in total. The first kappa shape index (κ1) is 15.8. The maximum absolute atomic E-state index is 11.4. The fourth-order valence-electron chi connectivity index (χ4n) is 1.80. The Kier molecular flexibility index (Phi) is 5.60. The van der Waals surface area contributed by atoms with Crippen molar-refractivity contribution in [3.05, 3.63) is 0 Å². The maximum atomic E-state index is 11.4. The summed E-state index contributed by atoms with van der Waals surface area (Å²) in [5.41, 5.74) is -0.477. The van der Waals surface area contributed by atoms with E-state index in [9.17, 15) is 9.59 Å². The Bertz CT molecular complexity index is 326. The van der Waals surface area contributed by atoms with E-state index in [4.69, 9.17) is 4.74 Å². The number of rotatable bonds is 5. The highest BCUT2D eigenvalue weighted by Crippen LogP contribution is 2.06. The fraction of sp³-hybridized carbons (Fsp3) is 0.846. The van der Waals surface area contributed by atoms with Crippen LogP contribution in [0, 0.1) is 0 Å². The second kappa shape index (κ2) is 6.75. The van der Waals surface area contributed by atoms with Crippen LogP contribution in [0.5, 0.6) is 0 Å². The van der Waals surface area contributed by atoms with Gasteiger partial charge in [-0.3, -0.25) is 4.79 Å². The summed E-state index contributed by atoms with van der Waals surface area (Å²) in [4.78, 5) is 22.5. The van der Waals surface area contributed by atoms with E-state index >= 15 is 0 Å². The molecule has 0 saturated carbocycles. The average Bonchev–Trinajstić information content (AvgIpc) is 2.67. The Balaban J connectivity index is 2.12. The minimum atomic E-state index is -0.477. The van der Waals surface area contributed by atoms with Gasteiger partial charge in [-0.1, -0.05) is 0 Å². The molecule has 1 saturated heterocycles. The molecule has 6 heteroatoms. The molecule has 2 amide bonds. The first-order valence-electron chi connectivity index (χ1n) is 6.76. The molecular weight excluding hydrogens is 246 g/mol. The van der Waals surface area contributed by atoms with E-state index in [1.165, 1.54) is 0 Å². The Morgan fingerprint density at radius 2 is 2.21 bits per heavy atom. The van der Waals surface area contributed by atoms with Crippen molar-refractivity contribution < 1.29 is 14.3 Å². The standard InChI is InChI=1S/C13H25N3O3/c1-9(7-15-12(18)19-13(2,3)4)14-8-10-5-6-11(17)16-10/h9-10,14H,5-8H2,1-4H3,(H,15,18)(H,16,17). The molecule has 1 aliphatic heterocycles. The molecular formula is C13H25N3O3. The topological polar surface area (TPSA) is 79.5 Å². The summed E-state index contributed by atoms with van der Waals surface area (Å²) >= 11 is 0. The lowest BCUT2D eigenvalue weighted by Crippen LogP contribution is -2.45. The summed E-state index contributed by atoms with van der Waals surface area (Å²) in [6.07, 6.45) is 1.07. The number of carbonyl (C=O) groups is 2. The molecule has 1 aliphatic rings. The maximum Gasteiger partial charge on any atom is 0.407 e. The van der Waals surface area contributed by atoms with Crippen molar-refractivity contribution >= 4 is 12.0 Å². The van der Waals surface area contributed by atoms with Gasteiger partial charge in [0.2, 0.25) is 5.91 Å². The van der Waals surface area contributed by atoms with Crippen molar-refractivity contribution in [2.24, 2.45) is 0 Å². The van der Waals surface area contributed by atoms with E-state index in [0.29, 0.717) is 13.0 Å². The third-order valence-corrected chi connectivity index (χ3v) is 2.75. The van der Waals surface area contributed by atoms with Crippen LogP contribution in [0.2, 0.25) is 0 Å². The van der Waals surface area contributed by atoms with Crippen LogP contribution in [0.25, 0.3) is 0 Å². The van der Waals surface area contributed by atoms with E-state index in [0.717, 1.165) is 13.0 Å². The van der Waals surface area contributed by atoms with Gasteiger partial charge in [0.15, 0.2) is 0 Å². The first-order valence-corrected chi connectivity index (χ1v) is 6.76. The van der Waals surface area contributed by atoms with Crippen molar-refractivity contribution in [3.63, 3.8) is 0 Å². The Morgan fingerprint density at radius 1 is 1.53 bits per heavy atom. The normalized spacial score (nSPS) is 20.8. The molecule has 1 rings (SSSR count). The summed E-state index contributed by atoms with van der Waals surface area (Å²) in [6.45, 7) is 8.69. The molecule has 0 spiro atoms. The highest BCUT2D eigenvalue weighted by Gasteiger charge is 2.21. The van der Waals surface area contributed by atoms with Gasteiger partial charge in [0.05, 0.1) is 0 Å². The van der Waals surface area contributed by atoms with Crippen LogP contribution in [0.4, 0.5) is 4.79 Å². The molecule has 2 atom stereocenters. The predicted molar refractivity (Wildman–Crippen MR) is 72.9 cm³/mol. The summed E-state index contributed by atoms with van der Waals surface area (Å²) in [6, 6.07) is 0.335. The zero-order chi connectivity index (χ0) is 14.5. The van der Waals surface area contributed by atoms with Gasteiger partial charge in [-0.2, -0.15) is 0 Å². The van der Waals surface area contributed by atoms with Crippen LogP contribution in [0.1, 0.15) is 40.5 Å². The number of hydrogen-bond acceptors (Lipinski definition) is 4. The second-order valence-corrected chi connectivity index (χ2v) is 6.00. The SMILES string of the molecule is CC(CNC(=O)OC(C)(C)C)NCC1CCC(=O)N1. The Morgan fingerprint density at radius 3 is 2.74 bits per heavy atom. The number of hydrogen-bond donors (Lipinski definition) is 3. The summed E-state index contributed by atoms with van der Waals surface area (Å²) in [5, 5.41) is 8.88. The van der Waals surface area contributed by atoms with Gasteiger partial charge in [0.25, 0.3) is 0 Å². The lowest BCUT2D eigenvalue weighted by atomic mass is 10.2. The molecule has 0 aliphatic carbocycles. The number of ether oxygens (including phenoxy) is 1. The van der Waals surface area contributed by atoms with Crippen LogP contribution in [0.3, 0.4) is 0 Å². The molecule has 0 aromatic heterocycles. The fourth-order valence-corrected chi connectivity index (χ4v) is 1.80. The smallest absolute Gasteiger partial charge is 0.407 e. The van der Waals surface area contributed by atoms with Crippen LogP contribution in [-0.4, -0.2) is 42.8 Å². The molecule has 0 aromatic rings. The minimum absolute atomic E-state index is 0.117. The second-order valence-electron chi connectivity index (χ2n) is 6.00. The quantitative estimate of drug-likeness (QED) is 0.690. The van der Waals surface area contributed by atoms with Crippen molar-refractivity contribution in [3.8, 4) is 0 Å². The first-order chi connectivity index (χ1) is 8.76. The zero-order valence-electron chi connectivity index (χ0n) is 12.2. The largest absolute Gasteiger partial charge is 0.444 e. The van der Waals surface area contributed by atoms with Crippen LogP contribution >= 0.6 is 0 Å². The minimum Gasteiger partial charge on any atom is -0.444 e. The molecule has 1 fully saturated rings. The zero-order valence-corrected chi connectivity index (χ0v) is 12.2. The van der Waals surface area contributed by atoms with Crippen LogP contribution in [0.15, 0.2) is 0 Å². The van der Waals surface area contributed by atoms with Gasteiger partial charge >= 0.3 is 6.09 Å². The molecule has 19 heavy (non-hydrogen) atoms. The van der Waals surface area contributed by atoms with Crippen molar-refractivity contribution in [1.29, 1.82) is 0 Å². The van der Waals surface area contributed by atoms with Gasteiger partial charge < -0.3 is 20.7 Å². The van der Waals surface area contributed by atoms with Crippen molar-refractivity contribution in [1.82, 2.24) is 16.0 Å². The van der Waals surface area contributed by atoms with Gasteiger partial charge in [-0.15, -0.1) is 0 Å². The van der Waals surface area contributed by atoms with Crippen molar-refractivity contribution in [2.45, 2.75) is 58.2 Å². The van der Waals surface area contributed by atoms with E-state index in [1.54, 1.807) is 0 Å². The number of alkyl carbamates (subject to hydrolysis) is 1. The van der Waals surface area contributed by atoms with E-state index in [2.05, 4.69) is 16.0 Å². The highest BCUT2D eigenvalue weighted by atomic mass is 16.6. The highest BCUT2D eigenvalue weighted by molar-refractivity contribution is 5.78. The molecule has 2 unspecified atom stereocenters. The van der Waals surface area contributed by atoms with Crippen molar-refractivity contribution in [2.75, 3.05) is 13.1 Å². The number of amides is 2. The molecule has 1 heterocycles. The summed E-state index contributed by atoms with van der Waals surface area (Å²) in [7, 11) is 0. The summed E-state index contributed by atoms with van der Waals surface area (Å²) < 4.78 is 5.15. The van der Waals surface area contributed by atoms with Gasteiger partial charge in [-0.25, -0.2) is 4.79 Å².